The van der Waals surface area contributed by atoms with Crippen molar-refractivity contribution in [2.75, 3.05) is 7.11 Å². The van der Waals surface area contributed by atoms with Gasteiger partial charge in [0.2, 0.25) is 0 Å². The van der Waals surface area contributed by atoms with Gasteiger partial charge in [-0.25, -0.2) is 4.79 Å². The van der Waals surface area contributed by atoms with E-state index in [1.807, 2.05) is 0 Å². The molecule has 0 bridgehead atoms. The Morgan fingerprint density at radius 2 is 1.72 bits per heavy atom. The summed E-state index contributed by atoms with van der Waals surface area (Å²) in [5, 5.41) is 20.8. The molecule has 0 spiro atoms. The summed E-state index contributed by atoms with van der Waals surface area (Å²) in [5.41, 5.74) is -0.732. The fourth-order valence-corrected chi connectivity index (χ4v) is 2.77. The number of aliphatic hydroxyl groups is 1. The van der Waals surface area contributed by atoms with E-state index < -0.39 is 35.0 Å². The first-order chi connectivity index (χ1) is 13.4. The van der Waals surface area contributed by atoms with Crippen LogP contribution in [0.4, 0.5) is 0 Å². The summed E-state index contributed by atoms with van der Waals surface area (Å²) in [6, 6.07) is 1.34. The molecule has 154 valence electrons. The molecule has 0 heterocycles. The average molecular weight is 400 g/mol. The second-order valence-corrected chi connectivity index (χ2v) is 7.42. The van der Waals surface area contributed by atoms with Crippen LogP contribution in [0, 0.1) is 0 Å². The van der Waals surface area contributed by atoms with E-state index in [0.717, 1.165) is 12.2 Å². The molecule has 1 aromatic rings. The second-order valence-electron chi connectivity index (χ2n) is 7.42. The molecule has 1 aliphatic carbocycles. The summed E-state index contributed by atoms with van der Waals surface area (Å²) in [6.45, 7) is 6.50. The number of methoxy groups -OCH3 is 1. The van der Waals surface area contributed by atoms with E-state index in [0.29, 0.717) is 5.57 Å². The summed E-state index contributed by atoms with van der Waals surface area (Å²) in [5.74, 6) is -2.15. The first-order valence-electron chi connectivity index (χ1n) is 8.92. The van der Waals surface area contributed by atoms with Crippen molar-refractivity contribution in [2.45, 2.75) is 39.4 Å². The number of allylic oxidation sites excluding steroid dienone is 3. The number of rotatable bonds is 6. The lowest BCUT2D eigenvalue weighted by Crippen LogP contribution is -2.18. The van der Waals surface area contributed by atoms with E-state index in [4.69, 9.17) is 9.47 Å². The smallest absolute Gasteiger partial charge is 0.331 e. The van der Waals surface area contributed by atoms with Crippen LogP contribution in [0.25, 0.3) is 0 Å². The fraction of sp³-hybridized carbons (Fsp3) is 0.318. The van der Waals surface area contributed by atoms with Crippen molar-refractivity contribution >= 4 is 17.5 Å². The average Bonchev–Trinajstić information content (AvgIpc) is 2.60. The standard InChI is InChI=1S/C22H24O7/c1-12(2)10-18(25)29-16(8-9-22(3,4)27)13-11-17(28-5)19-14(23)6-7-15(24)20(19)21(13)26/h6-11,16,26-27H,1-5H3/b9-8+. The van der Waals surface area contributed by atoms with E-state index in [-0.39, 0.29) is 22.4 Å². The molecule has 2 rings (SSSR count). The molecule has 0 fully saturated rings. The van der Waals surface area contributed by atoms with Gasteiger partial charge in [-0.15, -0.1) is 0 Å². The molecule has 29 heavy (non-hydrogen) atoms. The van der Waals surface area contributed by atoms with E-state index in [2.05, 4.69) is 0 Å². The lowest BCUT2D eigenvalue weighted by Gasteiger charge is -2.22. The minimum Gasteiger partial charge on any atom is -0.507 e. The number of hydrogen-bond acceptors (Lipinski definition) is 7. The number of fused-ring (bicyclic) bond motifs is 1. The van der Waals surface area contributed by atoms with Crippen molar-refractivity contribution in [3.63, 3.8) is 0 Å². The summed E-state index contributed by atoms with van der Waals surface area (Å²) in [7, 11) is 1.32. The van der Waals surface area contributed by atoms with Gasteiger partial charge in [-0.3, -0.25) is 9.59 Å². The molecule has 0 aliphatic heterocycles. The Morgan fingerprint density at radius 1 is 1.14 bits per heavy atom. The molecule has 0 saturated carbocycles. The lowest BCUT2D eigenvalue weighted by molar-refractivity contribution is -0.141. The quantitative estimate of drug-likeness (QED) is 0.428. The number of phenols is 1. The van der Waals surface area contributed by atoms with E-state index in [1.54, 1.807) is 13.8 Å². The first-order valence-corrected chi connectivity index (χ1v) is 8.92. The predicted octanol–water partition coefficient (Wildman–Crippen LogP) is 3.21. The van der Waals surface area contributed by atoms with Crippen LogP contribution in [0.15, 0.2) is 42.0 Å². The Hall–Kier alpha value is -3.19. The topological polar surface area (TPSA) is 110 Å². The third kappa shape index (κ3) is 5.20. The fourth-order valence-electron chi connectivity index (χ4n) is 2.77. The highest BCUT2D eigenvalue weighted by molar-refractivity contribution is 6.24. The highest BCUT2D eigenvalue weighted by Crippen LogP contribution is 2.41. The van der Waals surface area contributed by atoms with Crippen LogP contribution in [0.5, 0.6) is 11.5 Å². The third-order valence-corrected chi connectivity index (χ3v) is 4.03. The van der Waals surface area contributed by atoms with E-state index in [1.165, 1.54) is 45.3 Å². The first kappa shape index (κ1) is 22.1. The number of ketones is 2. The van der Waals surface area contributed by atoms with Crippen LogP contribution in [0.2, 0.25) is 0 Å². The number of ether oxygens (including phenoxy) is 2. The maximum absolute atomic E-state index is 12.3. The van der Waals surface area contributed by atoms with Gasteiger partial charge in [0.05, 0.1) is 23.8 Å². The Balaban J connectivity index is 2.67. The number of esters is 1. The number of aromatic hydroxyl groups is 1. The summed E-state index contributed by atoms with van der Waals surface area (Å²) < 4.78 is 10.7. The van der Waals surface area contributed by atoms with Crippen LogP contribution in [0.1, 0.15) is 60.1 Å². The van der Waals surface area contributed by atoms with Gasteiger partial charge in [-0.2, -0.15) is 0 Å². The zero-order valence-electron chi connectivity index (χ0n) is 17.0. The Bertz CT molecular complexity index is 939. The Kier molecular flexibility index (Phi) is 6.44. The number of hydrogen-bond donors (Lipinski definition) is 2. The van der Waals surface area contributed by atoms with Gasteiger partial charge in [-0.05, 0) is 52.0 Å². The van der Waals surface area contributed by atoms with Crippen molar-refractivity contribution in [3.8, 4) is 11.5 Å². The molecule has 7 heteroatoms. The molecule has 0 amide bonds. The monoisotopic (exact) mass is 400 g/mol. The van der Waals surface area contributed by atoms with Gasteiger partial charge in [-0.1, -0.05) is 11.6 Å². The predicted molar refractivity (Wildman–Crippen MR) is 106 cm³/mol. The van der Waals surface area contributed by atoms with E-state index >= 15 is 0 Å². The molecule has 0 radical (unpaired) electrons. The number of carbonyl (C=O) groups is 3. The van der Waals surface area contributed by atoms with Gasteiger partial charge in [0.1, 0.15) is 17.6 Å². The molecule has 1 atom stereocenters. The molecule has 1 unspecified atom stereocenters. The molecule has 1 aromatic carbocycles. The van der Waals surface area contributed by atoms with Crippen molar-refractivity contribution in [3.05, 3.63) is 58.7 Å². The third-order valence-electron chi connectivity index (χ3n) is 4.03. The molecular weight excluding hydrogens is 376 g/mol. The van der Waals surface area contributed by atoms with Crippen LogP contribution >= 0.6 is 0 Å². The molecule has 1 aliphatic rings. The van der Waals surface area contributed by atoms with Crippen molar-refractivity contribution in [2.24, 2.45) is 0 Å². The van der Waals surface area contributed by atoms with Gasteiger partial charge in [0.15, 0.2) is 11.6 Å². The van der Waals surface area contributed by atoms with Crippen LogP contribution in [0.3, 0.4) is 0 Å². The Labute approximate surface area is 168 Å². The molecule has 2 N–H and O–H groups in total. The number of phenolic OH excluding ortho intramolecular Hbond substituents is 1. The zero-order chi connectivity index (χ0) is 21.9. The molecule has 0 aromatic heterocycles. The number of benzene rings is 1. The van der Waals surface area contributed by atoms with E-state index in [9.17, 15) is 24.6 Å². The summed E-state index contributed by atoms with van der Waals surface area (Å²) >= 11 is 0. The Morgan fingerprint density at radius 3 is 2.24 bits per heavy atom. The van der Waals surface area contributed by atoms with Crippen LogP contribution in [-0.4, -0.2) is 40.5 Å². The largest absolute Gasteiger partial charge is 0.507 e. The van der Waals surface area contributed by atoms with Gasteiger partial charge >= 0.3 is 5.97 Å². The molecule has 0 saturated heterocycles. The maximum atomic E-state index is 12.3. The lowest BCUT2D eigenvalue weighted by atomic mass is 9.89. The summed E-state index contributed by atoms with van der Waals surface area (Å²) in [4.78, 5) is 36.8. The van der Waals surface area contributed by atoms with Gasteiger partial charge < -0.3 is 19.7 Å². The van der Waals surface area contributed by atoms with Gasteiger partial charge in [0.25, 0.3) is 0 Å². The highest BCUT2D eigenvalue weighted by atomic mass is 16.5. The zero-order valence-corrected chi connectivity index (χ0v) is 17.0. The van der Waals surface area contributed by atoms with Crippen LogP contribution in [-0.2, 0) is 9.53 Å². The number of carbonyl (C=O) groups excluding carboxylic acids is 3. The summed E-state index contributed by atoms with van der Waals surface area (Å²) in [6.07, 6.45) is 5.08. The minimum absolute atomic E-state index is 0.0491. The molecular formula is C22H24O7. The maximum Gasteiger partial charge on any atom is 0.331 e. The molecule has 7 nitrogen and oxygen atoms in total. The van der Waals surface area contributed by atoms with Crippen molar-refractivity contribution in [1.29, 1.82) is 0 Å². The van der Waals surface area contributed by atoms with Gasteiger partial charge in [0, 0.05) is 11.6 Å². The van der Waals surface area contributed by atoms with Crippen LogP contribution < -0.4 is 4.74 Å². The van der Waals surface area contributed by atoms with Crippen molar-refractivity contribution in [1.82, 2.24) is 0 Å². The highest BCUT2D eigenvalue weighted by Gasteiger charge is 2.31. The second kappa shape index (κ2) is 8.45. The van der Waals surface area contributed by atoms with Crippen molar-refractivity contribution < 1.29 is 34.1 Å². The minimum atomic E-state index is -1.22. The normalized spacial score (nSPS) is 14.6. The SMILES string of the molecule is COc1cc(C(/C=C/C(C)(C)O)OC(=O)C=C(C)C)c(O)c2c1C(=O)C=CC2=O.